The molecule has 0 aromatic carbocycles. The number of rotatable bonds is 6. The molecule has 1 saturated carbocycles. The maximum absolute atomic E-state index is 12.7. The second kappa shape index (κ2) is 8.92. The quantitative estimate of drug-likeness (QED) is 0.787. The minimum atomic E-state index is -0.0755. The van der Waals surface area contributed by atoms with Crippen LogP contribution in [0, 0.1) is 13.8 Å². The SMILES string of the molecule is Cc1cc(C)c2c(OCC(=O)NCC3(N4CCCCC4)CCCCC3)nn(C)c2n1. The Kier molecular flexibility index (Phi) is 6.27. The third-order valence-corrected chi connectivity index (χ3v) is 6.85. The molecule has 2 aliphatic rings. The minimum absolute atomic E-state index is 0.0183. The summed E-state index contributed by atoms with van der Waals surface area (Å²) in [5.74, 6) is 0.407. The second-order valence-electron chi connectivity index (χ2n) is 9.11. The Hall–Kier alpha value is -2.15. The fourth-order valence-corrected chi connectivity index (χ4v) is 5.28. The lowest BCUT2D eigenvalue weighted by molar-refractivity contribution is -0.124. The van der Waals surface area contributed by atoms with Gasteiger partial charge in [0, 0.05) is 24.8 Å². The minimum Gasteiger partial charge on any atom is -0.466 e. The third kappa shape index (κ3) is 4.31. The van der Waals surface area contributed by atoms with E-state index in [1.54, 1.807) is 4.68 Å². The van der Waals surface area contributed by atoms with E-state index in [-0.39, 0.29) is 18.1 Å². The fourth-order valence-electron chi connectivity index (χ4n) is 5.28. The number of aromatic nitrogens is 3. The van der Waals surface area contributed by atoms with Crippen LogP contribution in [0.25, 0.3) is 11.0 Å². The van der Waals surface area contributed by atoms with Gasteiger partial charge in [-0.2, -0.15) is 0 Å². The molecule has 0 atom stereocenters. The predicted molar refractivity (Wildman–Crippen MR) is 118 cm³/mol. The molecule has 7 heteroatoms. The van der Waals surface area contributed by atoms with Gasteiger partial charge >= 0.3 is 0 Å². The molecule has 1 amide bonds. The molecule has 3 heterocycles. The molecule has 1 aliphatic heterocycles. The highest BCUT2D eigenvalue weighted by molar-refractivity contribution is 5.85. The topological polar surface area (TPSA) is 72.3 Å². The normalized spacial score (nSPS) is 19.7. The number of nitrogens with one attached hydrogen (secondary N) is 1. The van der Waals surface area contributed by atoms with Gasteiger partial charge in [0.25, 0.3) is 5.91 Å². The van der Waals surface area contributed by atoms with Gasteiger partial charge in [-0.25, -0.2) is 9.67 Å². The van der Waals surface area contributed by atoms with Crippen LogP contribution < -0.4 is 10.1 Å². The van der Waals surface area contributed by atoms with Gasteiger partial charge in [0.1, 0.15) is 0 Å². The van der Waals surface area contributed by atoms with E-state index in [2.05, 4.69) is 20.3 Å². The number of pyridine rings is 1. The summed E-state index contributed by atoms with van der Waals surface area (Å²) < 4.78 is 7.56. The molecule has 0 bridgehead atoms. The second-order valence-corrected chi connectivity index (χ2v) is 9.11. The number of amides is 1. The maximum atomic E-state index is 12.7. The van der Waals surface area contributed by atoms with Gasteiger partial charge in [0.15, 0.2) is 12.3 Å². The summed E-state index contributed by atoms with van der Waals surface area (Å²) in [6, 6.07) is 2.02. The van der Waals surface area contributed by atoms with E-state index in [0.717, 1.165) is 41.9 Å². The third-order valence-electron chi connectivity index (χ3n) is 6.85. The van der Waals surface area contributed by atoms with Crippen molar-refractivity contribution in [2.75, 3.05) is 26.2 Å². The van der Waals surface area contributed by atoms with Crippen molar-refractivity contribution in [1.82, 2.24) is 25.0 Å². The molecule has 1 aliphatic carbocycles. The van der Waals surface area contributed by atoms with Crippen LogP contribution in [0.4, 0.5) is 0 Å². The predicted octanol–water partition coefficient (Wildman–Crippen LogP) is 3.27. The Morgan fingerprint density at radius 1 is 1.13 bits per heavy atom. The average Bonchev–Trinajstić information content (AvgIpc) is 3.08. The highest BCUT2D eigenvalue weighted by Gasteiger charge is 2.38. The molecule has 30 heavy (non-hydrogen) atoms. The fraction of sp³-hybridized carbons (Fsp3) is 0.696. The first-order chi connectivity index (χ1) is 14.5. The highest BCUT2D eigenvalue weighted by atomic mass is 16.5. The maximum Gasteiger partial charge on any atom is 0.258 e. The molecule has 164 valence electrons. The number of ether oxygens (including phenoxy) is 1. The van der Waals surface area contributed by atoms with Gasteiger partial charge in [-0.15, -0.1) is 5.10 Å². The van der Waals surface area contributed by atoms with Gasteiger partial charge in [-0.05, 0) is 64.3 Å². The molecular formula is C23H35N5O2. The number of carbonyl (C=O) groups excluding carboxylic acids is 1. The zero-order chi connectivity index (χ0) is 21.1. The summed E-state index contributed by atoms with van der Waals surface area (Å²) in [7, 11) is 1.85. The van der Waals surface area contributed by atoms with E-state index in [1.807, 2.05) is 27.0 Å². The average molecular weight is 414 g/mol. The van der Waals surface area contributed by atoms with Crippen molar-refractivity contribution in [1.29, 1.82) is 0 Å². The standard InChI is InChI=1S/C23H35N5O2/c1-17-14-18(2)25-21-20(17)22(26-27(21)3)30-15-19(29)24-16-23(10-6-4-7-11-23)28-12-8-5-9-13-28/h14H,4-13,15-16H2,1-3H3,(H,24,29). The van der Waals surface area contributed by atoms with Crippen molar-refractivity contribution in [2.45, 2.75) is 70.8 Å². The van der Waals surface area contributed by atoms with Crippen LogP contribution in [0.15, 0.2) is 6.07 Å². The Morgan fingerprint density at radius 3 is 2.57 bits per heavy atom. The largest absolute Gasteiger partial charge is 0.466 e. The van der Waals surface area contributed by atoms with Crippen LogP contribution in [0.3, 0.4) is 0 Å². The van der Waals surface area contributed by atoms with Crippen LogP contribution in [-0.4, -0.2) is 57.4 Å². The lowest BCUT2D eigenvalue weighted by atomic mass is 9.79. The van der Waals surface area contributed by atoms with Crippen molar-refractivity contribution in [3.05, 3.63) is 17.3 Å². The number of hydrogen-bond acceptors (Lipinski definition) is 5. The Labute approximate surface area is 179 Å². The lowest BCUT2D eigenvalue weighted by Crippen LogP contribution is -2.58. The molecule has 0 radical (unpaired) electrons. The molecule has 2 aromatic rings. The molecule has 7 nitrogen and oxygen atoms in total. The van der Waals surface area contributed by atoms with Gasteiger partial charge in [0.2, 0.25) is 5.88 Å². The van der Waals surface area contributed by atoms with Crippen molar-refractivity contribution in [3.63, 3.8) is 0 Å². The number of hydrogen-bond donors (Lipinski definition) is 1. The first-order valence-corrected chi connectivity index (χ1v) is 11.4. The smallest absolute Gasteiger partial charge is 0.258 e. The van der Waals surface area contributed by atoms with E-state index >= 15 is 0 Å². The molecular weight excluding hydrogens is 378 g/mol. The number of aryl methyl sites for hydroxylation is 3. The molecule has 2 aromatic heterocycles. The summed E-state index contributed by atoms with van der Waals surface area (Å²) in [5, 5.41) is 8.51. The van der Waals surface area contributed by atoms with Gasteiger partial charge in [-0.1, -0.05) is 25.7 Å². The summed E-state index contributed by atoms with van der Waals surface area (Å²) in [6.07, 6.45) is 10.1. The zero-order valence-corrected chi connectivity index (χ0v) is 18.7. The number of likely N-dealkylation sites (tertiary alicyclic amines) is 1. The Balaban J connectivity index is 1.39. The van der Waals surface area contributed by atoms with Crippen LogP contribution in [0.1, 0.15) is 62.6 Å². The highest BCUT2D eigenvalue weighted by Crippen LogP contribution is 2.35. The monoisotopic (exact) mass is 413 g/mol. The summed E-state index contributed by atoms with van der Waals surface area (Å²) in [6.45, 7) is 7.03. The first-order valence-electron chi connectivity index (χ1n) is 11.4. The van der Waals surface area contributed by atoms with E-state index in [0.29, 0.717) is 5.88 Å². The molecule has 4 rings (SSSR count). The van der Waals surface area contributed by atoms with Crippen LogP contribution >= 0.6 is 0 Å². The molecule has 2 fully saturated rings. The van der Waals surface area contributed by atoms with Crippen LogP contribution in [0.5, 0.6) is 5.88 Å². The zero-order valence-electron chi connectivity index (χ0n) is 18.7. The van der Waals surface area contributed by atoms with Gasteiger partial charge in [0.05, 0.1) is 5.39 Å². The number of fused-ring (bicyclic) bond motifs is 1. The van der Waals surface area contributed by atoms with Crippen molar-refractivity contribution in [3.8, 4) is 5.88 Å². The van der Waals surface area contributed by atoms with Crippen molar-refractivity contribution >= 4 is 16.9 Å². The summed E-state index contributed by atoms with van der Waals surface area (Å²) in [4.78, 5) is 19.9. The number of piperidine rings is 1. The van der Waals surface area contributed by atoms with E-state index in [1.165, 1.54) is 51.4 Å². The molecule has 0 spiro atoms. The summed E-state index contributed by atoms with van der Waals surface area (Å²) >= 11 is 0. The lowest BCUT2D eigenvalue weighted by Gasteiger charge is -2.48. The summed E-state index contributed by atoms with van der Waals surface area (Å²) in [5.41, 5.74) is 2.92. The van der Waals surface area contributed by atoms with Crippen LogP contribution in [0.2, 0.25) is 0 Å². The Bertz CT molecular complexity index is 895. The molecule has 1 N–H and O–H groups in total. The van der Waals surface area contributed by atoms with E-state index < -0.39 is 0 Å². The molecule has 1 saturated heterocycles. The van der Waals surface area contributed by atoms with Crippen molar-refractivity contribution < 1.29 is 9.53 Å². The van der Waals surface area contributed by atoms with E-state index in [9.17, 15) is 4.79 Å². The van der Waals surface area contributed by atoms with E-state index in [4.69, 9.17) is 4.74 Å². The number of nitrogens with zero attached hydrogens (tertiary/aromatic N) is 4. The molecule has 0 unspecified atom stereocenters. The van der Waals surface area contributed by atoms with Gasteiger partial charge < -0.3 is 10.1 Å². The Morgan fingerprint density at radius 2 is 1.83 bits per heavy atom. The van der Waals surface area contributed by atoms with Crippen LogP contribution in [-0.2, 0) is 11.8 Å². The first kappa shape index (κ1) is 21.1. The van der Waals surface area contributed by atoms with Crippen molar-refractivity contribution in [2.24, 2.45) is 7.05 Å². The van der Waals surface area contributed by atoms with Gasteiger partial charge in [-0.3, -0.25) is 9.69 Å². The number of carbonyl (C=O) groups is 1.